The monoisotopic (exact) mass is 536 g/mol. The summed E-state index contributed by atoms with van der Waals surface area (Å²) in [6.07, 6.45) is -4.67. The molecule has 0 fully saturated rings. The number of nitrogens with zero attached hydrogens (tertiary/aromatic N) is 2. The van der Waals surface area contributed by atoms with Gasteiger partial charge in [0.15, 0.2) is 5.69 Å². The fraction of sp³-hybridized carbons (Fsp3) is 0.160. The lowest BCUT2D eigenvalue weighted by Crippen LogP contribution is -2.09. The maximum absolute atomic E-state index is 13.3. The van der Waals surface area contributed by atoms with E-state index in [1.807, 2.05) is 0 Å². The number of sulfone groups is 1. The van der Waals surface area contributed by atoms with Crippen molar-refractivity contribution in [1.29, 1.82) is 0 Å². The Kier molecular flexibility index (Phi) is 6.76. The number of para-hydroxylation sites is 1. The van der Waals surface area contributed by atoms with Crippen LogP contribution in [0.5, 0.6) is 11.5 Å². The summed E-state index contributed by atoms with van der Waals surface area (Å²) in [7, 11) is -3.87. The first kappa shape index (κ1) is 25.6. The van der Waals surface area contributed by atoms with Gasteiger partial charge < -0.3 is 9.84 Å². The first-order chi connectivity index (χ1) is 16.9. The number of aromatic nitrogens is 2. The van der Waals surface area contributed by atoms with Gasteiger partial charge in [-0.3, -0.25) is 0 Å². The fourth-order valence-electron chi connectivity index (χ4n) is 3.53. The van der Waals surface area contributed by atoms with Crippen LogP contribution in [0.4, 0.5) is 13.2 Å². The second-order valence-corrected chi connectivity index (χ2v) is 10.4. The minimum Gasteiger partial charge on any atom is -0.508 e. The molecule has 0 saturated heterocycles. The van der Waals surface area contributed by atoms with Crippen molar-refractivity contribution in [3.63, 3.8) is 0 Å². The number of halogens is 4. The second-order valence-electron chi connectivity index (χ2n) is 8.05. The minimum atomic E-state index is -4.67. The first-order valence-electron chi connectivity index (χ1n) is 10.6. The van der Waals surface area contributed by atoms with Gasteiger partial charge >= 0.3 is 6.18 Å². The summed E-state index contributed by atoms with van der Waals surface area (Å²) in [5.41, 5.74) is 0.151. The van der Waals surface area contributed by atoms with E-state index in [1.165, 1.54) is 48.5 Å². The standard InChI is InChI=1S/C25H20ClF3N2O4S/c1-15-11-18(7-9-22(15)32)36(33,34)19-8-10-23(16(2)12-19)35-14-17-13-24(25(27,28)29)30-31(17)21-6-4-3-5-20(21)26/h3-13,32H,14H2,1-2H3. The van der Waals surface area contributed by atoms with Crippen molar-refractivity contribution in [2.24, 2.45) is 0 Å². The van der Waals surface area contributed by atoms with Crippen molar-refractivity contribution >= 4 is 21.4 Å². The van der Waals surface area contributed by atoms with Crippen LogP contribution >= 0.6 is 11.6 Å². The molecule has 0 aliphatic rings. The molecule has 4 rings (SSSR count). The zero-order valence-corrected chi connectivity index (χ0v) is 20.6. The van der Waals surface area contributed by atoms with E-state index in [2.05, 4.69) is 5.10 Å². The lowest BCUT2D eigenvalue weighted by atomic mass is 10.2. The van der Waals surface area contributed by atoms with E-state index in [0.717, 1.165) is 10.7 Å². The number of hydrogen-bond donors (Lipinski definition) is 1. The zero-order valence-electron chi connectivity index (χ0n) is 19.0. The Morgan fingerprint density at radius 3 is 2.22 bits per heavy atom. The molecule has 0 spiro atoms. The molecule has 6 nitrogen and oxygen atoms in total. The summed E-state index contributed by atoms with van der Waals surface area (Å²) >= 11 is 6.17. The van der Waals surface area contributed by atoms with Gasteiger partial charge in [-0.2, -0.15) is 18.3 Å². The van der Waals surface area contributed by atoms with Crippen LogP contribution in [0.3, 0.4) is 0 Å². The average molecular weight is 537 g/mol. The molecule has 11 heteroatoms. The lowest BCUT2D eigenvalue weighted by molar-refractivity contribution is -0.141. The molecule has 36 heavy (non-hydrogen) atoms. The molecule has 1 heterocycles. The minimum absolute atomic E-state index is 0.0120. The van der Waals surface area contributed by atoms with Gasteiger partial charge in [0.25, 0.3) is 0 Å². The molecule has 0 bridgehead atoms. The zero-order chi connectivity index (χ0) is 26.3. The van der Waals surface area contributed by atoms with Crippen molar-refractivity contribution in [1.82, 2.24) is 9.78 Å². The maximum Gasteiger partial charge on any atom is 0.435 e. The maximum atomic E-state index is 13.3. The molecule has 0 aliphatic heterocycles. The highest BCUT2D eigenvalue weighted by atomic mass is 35.5. The number of aromatic hydroxyl groups is 1. The quantitative estimate of drug-likeness (QED) is 0.314. The number of rotatable bonds is 6. The van der Waals surface area contributed by atoms with E-state index in [9.17, 15) is 26.7 Å². The van der Waals surface area contributed by atoms with E-state index >= 15 is 0 Å². The normalized spacial score (nSPS) is 12.1. The van der Waals surface area contributed by atoms with Crippen molar-refractivity contribution in [2.45, 2.75) is 36.4 Å². The van der Waals surface area contributed by atoms with Crippen LogP contribution in [-0.4, -0.2) is 23.3 Å². The molecule has 0 atom stereocenters. The summed E-state index contributed by atoms with van der Waals surface area (Å²) in [4.78, 5) is 0.0343. The van der Waals surface area contributed by atoms with E-state index in [4.69, 9.17) is 16.3 Å². The van der Waals surface area contributed by atoms with Crippen LogP contribution in [0, 0.1) is 13.8 Å². The van der Waals surface area contributed by atoms with Crippen LogP contribution in [0.15, 0.2) is 76.5 Å². The molecule has 0 amide bonds. The molecule has 4 aromatic rings. The third-order valence-corrected chi connectivity index (χ3v) is 7.53. The predicted molar refractivity (Wildman–Crippen MR) is 127 cm³/mol. The van der Waals surface area contributed by atoms with E-state index in [0.29, 0.717) is 11.1 Å². The smallest absolute Gasteiger partial charge is 0.435 e. The molecule has 0 radical (unpaired) electrons. The summed E-state index contributed by atoms with van der Waals surface area (Å²) in [6.45, 7) is 2.94. The summed E-state index contributed by atoms with van der Waals surface area (Å²) in [6, 6.07) is 15.4. The van der Waals surface area contributed by atoms with Gasteiger partial charge in [-0.05, 0) is 79.6 Å². The van der Waals surface area contributed by atoms with Gasteiger partial charge in [0, 0.05) is 0 Å². The van der Waals surface area contributed by atoms with Crippen LogP contribution in [-0.2, 0) is 22.6 Å². The SMILES string of the molecule is Cc1cc(S(=O)(=O)c2ccc(OCc3cc(C(F)(F)F)nn3-c3ccccc3Cl)c(C)c2)ccc1O. The number of ether oxygens (including phenoxy) is 1. The Labute approximate surface area is 210 Å². The van der Waals surface area contributed by atoms with Crippen LogP contribution in [0.1, 0.15) is 22.5 Å². The molecule has 3 aromatic carbocycles. The van der Waals surface area contributed by atoms with Gasteiger partial charge in [-0.15, -0.1) is 0 Å². The Morgan fingerprint density at radius 2 is 1.61 bits per heavy atom. The second kappa shape index (κ2) is 9.51. The highest BCUT2D eigenvalue weighted by molar-refractivity contribution is 7.91. The summed E-state index contributed by atoms with van der Waals surface area (Å²) in [5.74, 6) is 0.273. The Hall–Kier alpha value is -3.50. The third-order valence-electron chi connectivity index (χ3n) is 5.47. The Morgan fingerprint density at radius 1 is 0.972 bits per heavy atom. The number of alkyl halides is 3. The van der Waals surface area contributed by atoms with Gasteiger partial charge in [0.1, 0.15) is 18.1 Å². The molecule has 1 N–H and O–H groups in total. The number of phenols is 1. The topological polar surface area (TPSA) is 81.4 Å². The number of hydrogen-bond acceptors (Lipinski definition) is 5. The van der Waals surface area contributed by atoms with Crippen LogP contribution in [0.2, 0.25) is 5.02 Å². The van der Waals surface area contributed by atoms with Crippen molar-refractivity contribution in [2.75, 3.05) is 0 Å². The Bertz CT molecular complexity index is 1550. The van der Waals surface area contributed by atoms with Crippen molar-refractivity contribution in [3.8, 4) is 17.2 Å². The molecule has 0 unspecified atom stereocenters. The van der Waals surface area contributed by atoms with Gasteiger partial charge in [-0.1, -0.05) is 23.7 Å². The summed E-state index contributed by atoms with van der Waals surface area (Å²) in [5, 5.41) is 13.6. The molecule has 0 saturated carbocycles. The lowest BCUT2D eigenvalue weighted by Gasteiger charge is -2.13. The number of aryl methyl sites for hydroxylation is 2. The van der Waals surface area contributed by atoms with E-state index in [1.54, 1.807) is 26.0 Å². The number of benzene rings is 3. The van der Waals surface area contributed by atoms with Crippen molar-refractivity contribution < 1.29 is 31.4 Å². The van der Waals surface area contributed by atoms with Crippen LogP contribution in [0.25, 0.3) is 5.69 Å². The number of phenolic OH excluding ortho intramolecular Hbond substituents is 1. The molecule has 1 aromatic heterocycles. The average Bonchev–Trinajstić information content (AvgIpc) is 3.25. The van der Waals surface area contributed by atoms with Crippen molar-refractivity contribution in [3.05, 3.63) is 94.3 Å². The third kappa shape index (κ3) is 5.05. The summed E-state index contributed by atoms with van der Waals surface area (Å²) < 4.78 is 72.9. The van der Waals surface area contributed by atoms with E-state index < -0.39 is 21.7 Å². The fourth-order valence-corrected chi connectivity index (χ4v) is 5.17. The largest absolute Gasteiger partial charge is 0.508 e. The molecule has 0 aliphatic carbocycles. The van der Waals surface area contributed by atoms with Gasteiger partial charge in [-0.25, -0.2) is 13.1 Å². The first-order valence-corrected chi connectivity index (χ1v) is 12.4. The van der Waals surface area contributed by atoms with Gasteiger partial charge in [0.2, 0.25) is 9.84 Å². The molecule has 188 valence electrons. The van der Waals surface area contributed by atoms with Crippen LogP contribution < -0.4 is 4.74 Å². The van der Waals surface area contributed by atoms with E-state index in [-0.39, 0.29) is 44.3 Å². The highest BCUT2D eigenvalue weighted by Gasteiger charge is 2.35. The van der Waals surface area contributed by atoms with Gasteiger partial charge in [0.05, 0.1) is 26.2 Å². The molecular weight excluding hydrogens is 517 g/mol. The molecular formula is C25H20ClF3N2O4S. The Balaban J connectivity index is 1.63. The highest BCUT2D eigenvalue weighted by Crippen LogP contribution is 2.32. The predicted octanol–water partition coefficient (Wildman–Crippen LogP) is 6.28.